The van der Waals surface area contributed by atoms with Crippen LogP contribution in [0.5, 0.6) is 0 Å². The highest BCUT2D eigenvalue weighted by Gasteiger charge is 2.23. The highest BCUT2D eigenvalue weighted by Crippen LogP contribution is 2.26. The lowest BCUT2D eigenvalue weighted by atomic mass is 9.96. The lowest BCUT2D eigenvalue weighted by Crippen LogP contribution is -2.36. The van der Waals surface area contributed by atoms with Crippen LogP contribution >= 0.6 is 0 Å². The van der Waals surface area contributed by atoms with E-state index in [1.165, 1.54) is 20.2 Å². The Kier molecular flexibility index (Phi) is 8.48. The van der Waals surface area contributed by atoms with Gasteiger partial charge in [-0.25, -0.2) is 8.78 Å². The number of carbonyl (C=O) groups excluding carboxylic acids is 1. The van der Waals surface area contributed by atoms with E-state index >= 15 is 0 Å². The molecule has 0 aliphatic heterocycles. The Bertz CT molecular complexity index is 941. The summed E-state index contributed by atoms with van der Waals surface area (Å²) >= 11 is 0. The number of likely N-dealkylation sites (N-methyl/N-ethyl adjacent to an activating group) is 1. The number of hydrogen-bond donors (Lipinski definition) is 2. The van der Waals surface area contributed by atoms with E-state index in [9.17, 15) is 13.6 Å². The lowest BCUT2D eigenvalue weighted by molar-refractivity contribution is -0.126. The number of nitrogens with one attached hydrogen (secondary N) is 2. The number of halogens is 2. The zero-order chi connectivity index (χ0) is 22.3. The molecule has 0 saturated heterocycles. The van der Waals surface area contributed by atoms with Crippen molar-refractivity contribution < 1.29 is 23.1 Å². The van der Waals surface area contributed by atoms with Gasteiger partial charge in [0.2, 0.25) is 5.91 Å². The molecular formula is C23H26F2N2O3. The number of benzene rings is 2. The summed E-state index contributed by atoms with van der Waals surface area (Å²) in [5, 5.41) is 2.60. The van der Waals surface area contributed by atoms with Gasteiger partial charge in [0.1, 0.15) is 6.04 Å². The van der Waals surface area contributed by atoms with Crippen LogP contribution in [0.2, 0.25) is 0 Å². The third kappa shape index (κ3) is 5.42. The second kappa shape index (κ2) is 10.8. The van der Waals surface area contributed by atoms with Crippen LogP contribution in [0.1, 0.15) is 46.7 Å². The molecule has 0 bridgehead atoms. The van der Waals surface area contributed by atoms with Crippen molar-refractivity contribution >= 4 is 5.91 Å². The van der Waals surface area contributed by atoms with Gasteiger partial charge in [-0.3, -0.25) is 4.79 Å². The van der Waals surface area contributed by atoms with Crippen molar-refractivity contribution in [2.24, 2.45) is 0 Å². The molecule has 0 aliphatic rings. The minimum atomic E-state index is -0.979. The van der Waals surface area contributed by atoms with Crippen molar-refractivity contribution in [1.29, 1.82) is 0 Å². The zero-order valence-electron chi connectivity index (χ0n) is 17.5. The topological polar surface area (TPSA) is 59.6 Å². The average Bonchev–Trinajstić information content (AvgIpc) is 2.74. The first-order valence-corrected chi connectivity index (χ1v) is 9.45. The van der Waals surface area contributed by atoms with Crippen LogP contribution in [0.3, 0.4) is 0 Å². The summed E-state index contributed by atoms with van der Waals surface area (Å²) in [7, 11) is 2.97. The van der Waals surface area contributed by atoms with Crippen molar-refractivity contribution in [3.63, 3.8) is 0 Å². The number of ether oxygens (including phenoxy) is 1. The van der Waals surface area contributed by atoms with Crippen LogP contribution < -0.4 is 10.8 Å². The summed E-state index contributed by atoms with van der Waals surface area (Å²) in [6, 6.07) is 7.28. The highest BCUT2D eigenvalue weighted by molar-refractivity contribution is 5.83. The summed E-state index contributed by atoms with van der Waals surface area (Å²) in [6.07, 6.45) is 5.32. The quantitative estimate of drug-likeness (QED) is 0.485. The SMILES string of the molecule is C#Cc1cc(F)c(F)c(C(C)COCc2c(C)cccc2C(NOC)C(=O)NC)c1. The van der Waals surface area contributed by atoms with E-state index in [0.29, 0.717) is 5.56 Å². The molecule has 2 atom stereocenters. The number of amides is 1. The van der Waals surface area contributed by atoms with E-state index in [4.69, 9.17) is 16.0 Å². The first-order chi connectivity index (χ1) is 14.3. The number of aryl methyl sites for hydroxylation is 1. The van der Waals surface area contributed by atoms with Crippen LogP contribution in [0.15, 0.2) is 30.3 Å². The fraction of sp³-hybridized carbons (Fsp3) is 0.348. The van der Waals surface area contributed by atoms with Crippen molar-refractivity contribution in [2.75, 3.05) is 20.8 Å². The van der Waals surface area contributed by atoms with Gasteiger partial charge in [0.25, 0.3) is 0 Å². The van der Waals surface area contributed by atoms with E-state index < -0.39 is 23.6 Å². The number of hydroxylamine groups is 1. The Hall–Kier alpha value is -2.79. The Balaban J connectivity index is 2.20. The fourth-order valence-corrected chi connectivity index (χ4v) is 3.19. The summed E-state index contributed by atoms with van der Waals surface area (Å²) < 4.78 is 33.8. The molecule has 2 unspecified atom stereocenters. The van der Waals surface area contributed by atoms with Gasteiger partial charge in [0.15, 0.2) is 11.6 Å². The molecule has 0 saturated carbocycles. The van der Waals surface area contributed by atoms with Gasteiger partial charge in [-0.15, -0.1) is 6.42 Å². The van der Waals surface area contributed by atoms with E-state index in [0.717, 1.165) is 17.2 Å². The number of hydrogen-bond acceptors (Lipinski definition) is 4. The number of terminal acetylenes is 1. The van der Waals surface area contributed by atoms with Crippen LogP contribution in [-0.4, -0.2) is 26.7 Å². The third-order valence-electron chi connectivity index (χ3n) is 4.87. The maximum Gasteiger partial charge on any atom is 0.243 e. The largest absolute Gasteiger partial charge is 0.376 e. The molecule has 0 radical (unpaired) electrons. The van der Waals surface area contributed by atoms with Crippen molar-refractivity contribution in [3.8, 4) is 12.3 Å². The Labute approximate surface area is 175 Å². The minimum Gasteiger partial charge on any atom is -0.376 e. The van der Waals surface area contributed by atoms with E-state index in [1.54, 1.807) is 6.92 Å². The van der Waals surface area contributed by atoms with Crippen LogP contribution in [0.4, 0.5) is 8.78 Å². The van der Waals surface area contributed by atoms with Gasteiger partial charge in [0.05, 0.1) is 20.3 Å². The molecule has 0 heterocycles. The number of rotatable bonds is 9. The normalized spacial score (nSPS) is 12.8. The highest BCUT2D eigenvalue weighted by atomic mass is 19.2. The van der Waals surface area contributed by atoms with Crippen LogP contribution in [0.25, 0.3) is 0 Å². The first kappa shape index (κ1) is 23.5. The van der Waals surface area contributed by atoms with Crippen LogP contribution in [-0.2, 0) is 21.0 Å². The van der Waals surface area contributed by atoms with E-state index in [1.807, 2.05) is 25.1 Å². The monoisotopic (exact) mass is 416 g/mol. The second-order valence-electron chi connectivity index (χ2n) is 6.93. The van der Waals surface area contributed by atoms with Crippen molar-refractivity contribution in [3.05, 3.63) is 69.8 Å². The zero-order valence-corrected chi connectivity index (χ0v) is 17.5. The fourth-order valence-electron chi connectivity index (χ4n) is 3.19. The van der Waals surface area contributed by atoms with Crippen molar-refractivity contribution in [1.82, 2.24) is 10.8 Å². The Morgan fingerprint density at radius 3 is 2.63 bits per heavy atom. The lowest BCUT2D eigenvalue weighted by Gasteiger charge is -2.21. The van der Waals surface area contributed by atoms with E-state index in [2.05, 4.69) is 16.7 Å². The predicted molar refractivity (Wildman–Crippen MR) is 110 cm³/mol. The molecule has 1 amide bonds. The van der Waals surface area contributed by atoms with Gasteiger partial charge < -0.3 is 14.9 Å². The molecule has 2 aromatic carbocycles. The molecule has 0 aliphatic carbocycles. The summed E-state index contributed by atoms with van der Waals surface area (Å²) in [4.78, 5) is 17.3. The molecule has 0 aromatic heterocycles. The molecule has 2 rings (SSSR count). The summed E-state index contributed by atoms with van der Waals surface area (Å²) in [5.74, 6) is -0.268. The van der Waals surface area contributed by atoms with Gasteiger partial charge in [0, 0.05) is 18.5 Å². The van der Waals surface area contributed by atoms with Crippen LogP contribution in [0, 0.1) is 30.9 Å². The van der Waals surface area contributed by atoms with Gasteiger partial charge in [-0.2, -0.15) is 5.48 Å². The maximum absolute atomic E-state index is 14.2. The second-order valence-corrected chi connectivity index (χ2v) is 6.93. The molecule has 160 valence electrons. The third-order valence-corrected chi connectivity index (χ3v) is 4.87. The van der Waals surface area contributed by atoms with Gasteiger partial charge >= 0.3 is 0 Å². The molecule has 0 fully saturated rings. The smallest absolute Gasteiger partial charge is 0.243 e. The summed E-state index contributed by atoms with van der Waals surface area (Å²) in [5.41, 5.74) is 5.57. The predicted octanol–water partition coefficient (Wildman–Crippen LogP) is 3.51. The molecule has 5 nitrogen and oxygen atoms in total. The Morgan fingerprint density at radius 1 is 1.27 bits per heavy atom. The summed E-state index contributed by atoms with van der Waals surface area (Å²) in [6.45, 7) is 3.96. The number of carbonyl (C=O) groups is 1. The Morgan fingerprint density at radius 2 is 2.00 bits per heavy atom. The van der Waals surface area contributed by atoms with Gasteiger partial charge in [-0.05, 0) is 41.3 Å². The maximum atomic E-state index is 14.2. The minimum absolute atomic E-state index is 0.139. The van der Waals surface area contributed by atoms with Gasteiger partial charge in [-0.1, -0.05) is 31.0 Å². The molecular weight excluding hydrogens is 390 g/mol. The molecule has 7 heteroatoms. The molecule has 2 aromatic rings. The molecule has 0 spiro atoms. The molecule has 2 N–H and O–H groups in total. The standard InChI is InChI=1S/C23H26F2N2O3/c1-6-16-10-18(21(25)20(24)11-16)15(3)12-30-13-19-14(2)8-7-9-17(19)22(27-29-5)23(28)26-4/h1,7-11,15,22,27H,12-13H2,2-5H3,(H,26,28). The first-order valence-electron chi connectivity index (χ1n) is 9.45. The van der Waals surface area contributed by atoms with E-state index in [-0.39, 0.29) is 30.2 Å². The average molecular weight is 416 g/mol. The molecule has 30 heavy (non-hydrogen) atoms. The van der Waals surface area contributed by atoms with Crippen molar-refractivity contribution in [2.45, 2.75) is 32.4 Å².